The van der Waals surface area contributed by atoms with Crippen molar-refractivity contribution in [3.63, 3.8) is 0 Å². The number of hydrogen-bond acceptors (Lipinski definition) is 5. The maximum absolute atomic E-state index is 5.51. The quantitative estimate of drug-likeness (QED) is 0.534. The number of benzene rings is 1. The van der Waals surface area contributed by atoms with Gasteiger partial charge < -0.3 is 21.4 Å². The molecule has 0 radical (unpaired) electrons. The number of H-pyrrole nitrogens is 1. The van der Waals surface area contributed by atoms with Crippen LogP contribution in [0.3, 0.4) is 0 Å². The van der Waals surface area contributed by atoms with E-state index in [1.165, 1.54) is 0 Å². The van der Waals surface area contributed by atoms with Crippen molar-refractivity contribution >= 4 is 22.9 Å². The predicted molar refractivity (Wildman–Crippen MR) is 120 cm³/mol. The van der Waals surface area contributed by atoms with Crippen LogP contribution in [0, 0.1) is 0 Å². The van der Waals surface area contributed by atoms with Crippen molar-refractivity contribution in [2.24, 2.45) is 5.73 Å². The molecule has 4 rings (SSSR count). The zero-order chi connectivity index (χ0) is 20.6. The standard InChI is InChI=1S/C23H30N6/c1-22(2)12-16(13-23(3,4)29-22)27-21-25-10-8-19(28-21)18-14-26-20-11-15(7-9-24)5-6-17(18)20/h5-11,14,16,26,29H,12-13,24H2,1-4H3,(H,25,27,28)/b9-7+. The van der Waals surface area contributed by atoms with Crippen molar-refractivity contribution in [1.29, 1.82) is 0 Å². The minimum absolute atomic E-state index is 0.0730. The van der Waals surface area contributed by atoms with E-state index in [2.05, 4.69) is 66.5 Å². The monoisotopic (exact) mass is 390 g/mol. The van der Waals surface area contributed by atoms with E-state index in [0.29, 0.717) is 12.0 Å². The van der Waals surface area contributed by atoms with Crippen molar-refractivity contribution in [2.45, 2.75) is 57.7 Å². The Morgan fingerprint density at radius 3 is 2.62 bits per heavy atom. The average molecular weight is 391 g/mol. The largest absolute Gasteiger partial charge is 0.405 e. The van der Waals surface area contributed by atoms with E-state index in [1.807, 2.05) is 24.5 Å². The molecule has 6 heteroatoms. The van der Waals surface area contributed by atoms with Gasteiger partial charge in [0, 0.05) is 46.0 Å². The zero-order valence-electron chi connectivity index (χ0n) is 17.6. The summed E-state index contributed by atoms with van der Waals surface area (Å²) in [5.74, 6) is 0.679. The molecule has 0 bridgehead atoms. The number of nitrogens with zero attached hydrogens (tertiary/aromatic N) is 2. The fourth-order valence-corrected chi connectivity index (χ4v) is 4.76. The molecule has 1 aliphatic rings. The Hall–Kier alpha value is -2.86. The van der Waals surface area contributed by atoms with Gasteiger partial charge in [-0.05, 0) is 70.5 Å². The Bertz CT molecular complexity index is 1030. The first-order valence-electron chi connectivity index (χ1n) is 10.1. The third-order valence-electron chi connectivity index (χ3n) is 5.45. The maximum Gasteiger partial charge on any atom is 0.223 e. The van der Waals surface area contributed by atoms with Crippen LogP contribution in [0.15, 0.2) is 42.9 Å². The normalized spacial score (nSPS) is 19.0. The van der Waals surface area contributed by atoms with Gasteiger partial charge in [-0.2, -0.15) is 0 Å². The van der Waals surface area contributed by atoms with Gasteiger partial charge in [-0.15, -0.1) is 0 Å². The zero-order valence-corrected chi connectivity index (χ0v) is 17.6. The number of nitrogens with two attached hydrogens (primary N) is 1. The first-order chi connectivity index (χ1) is 13.7. The van der Waals surface area contributed by atoms with Gasteiger partial charge in [-0.25, -0.2) is 9.97 Å². The summed E-state index contributed by atoms with van der Waals surface area (Å²) in [5.41, 5.74) is 9.76. The van der Waals surface area contributed by atoms with E-state index >= 15 is 0 Å². The molecule has 0 saturated carbocycles. The number of rotatable bonds is 4. The van der Waals surface area contributed by atoms with E-state index in [-0.39, 0.29) is 11.1 Å². The number of fused-ring (bicyclic) bond motifs is 1. The molecule has 3 aromatic rings. The Labute approximate surface area is 172 Å². The van der Waals surface area contributed by atoms with Gasteiger partial charge in [0.25, 0.3) is 0 Å². The molecular weight excluding hydrogens is 360 g/mol. The summed E-state index contributed by atoms with van der Waals surface area (Å²) in [7, 11) is 0. The van der Waals surface area contributed by atoms with Crippen LogP contribution in [0.1, 0.15) is 46.1 Å². The van der Waals surface area contributed by atoms with Crippen molar-refractivity contribution < 1.29 is 0 Å². The highest BCUT2D eigenvalue weighted by atomic mass is 15.1. The third-order valence-corrected chi connectivity index (χ3v) is 5.45. The van der Waals surface area contributed by atoms with Crippen LogP contribution in [0.25, 0.3) is 28.2 Å². The number of nitrogens with one attached hydrogen (secondary N) is 3. The Morgan fingerprint density at radius 2 is 1.90 bits per heavy atom. The molecule has 5 N–H and O–H groups in total. The topological polar surface area (TPSA) is 91.7 Å². The molecule has 0 atom stereocenters. The van der Waals surface area contributed by atoms with Crippen molar-refractivity contribution in [3.8, 4) is 11.3 Å². The molecule has 1 fully saturated rings. The number of aromatic amines is 1. The van der Waals surface area contributed by atoms with Crippen LogP contribution in [-0.2, 0) is 0 Å². The fourth-order valence-electron chi connectivity index (χ4n) is 4.76. The summed E-state index contributed by atoms with van der Waals surface area (Å²) in [6.07, 6.45) is 9.31. The van der Waals surface area contributed by atoms with Gasteiger partial charge in [0.05, 0.1) is 5.69 Å². The van der Waals surface area contributed by atoms with Crippen LogP contribution >= 0.6 is 0 Å². The molecule has 1 aliphatic heterocycles. The Morgan fingerprint density at radius 1 is 1.14 bits per heavy atom. The van der Waals surface area contributed by atoms with Crippen molar-refractivity contribution in [3.05, 3.63) is 48.4 Å². The number of piperidine rings is 1. The highest BCUT2D eigenvalue weighted by molar-refractivity contribution is 5.95. The molecule has 29 heavy (non-hydrogen) atoms. The number of anilines is 1. The molecule has 0 amide bonds. The van der Waals surface area contributed by atoms with Gasteiger partial charge in [-0.3, -0.25) is 0 Å². The highest BCUT2D eigenvalue weighted by Gasteiger charge is 2.37. The lowest BCUT2D eigenvalue weighted by molar-refractivity contribution is 0.170. The minimum atomic E-state index is 0.0730. The summed E-state index contributed by atoms with van der Waals surface area (Å²) < 4.78 is 0. The Balaban J connectivity index is 1.60. The fraction of sp³-hybridized carbons (Fsp3) is 0.391. The minimum Gasteiger partial charge on any atom is -0.405 e. The lowest BCUT2D eigenvalue weighted by atomic mass is 9.80. The molecule has 0 unspecified atom stereocenters. The summed E-state index contributed by atoms with van der Waals surface area (Å²) in [5, 5.41) is 8.42. The van der Waals surface area contributed by atoms with Gasteiger partial charge in [0.2, 0.25) is 5.95 Å². The average Bonchev–Trinajstić information content (AvgIpc) is 3.02. The van der Waals surface area contributed by atoms with Gasteiger partial charge in [-0.1, -0.05) is 12.1 Å². The summed E-state index contributed by atoms with van der Waals surface area (Å²) in [6, 6.07) is 8.52. The lowest BCUT2D eigenvalue weighted by Gasteiger charge is -2.46. The van der Waals surface area contributed by atoms with E-state index in [9.17, 15) is 0 Å². The second-order valence-corrected chi connectivity index (χ2v) is 9.27. The van der Waals surface area contributed by atoms with Gasteiger partial charge in [0.1, 0.15) is 0 Å². The molecule has 0 spiro atoms. The number of hydrogen-bond donors (Lipinski definition) is 4. The van der Waals surface area contributed by atoms with E-state index in [1.54, 1.807) is 6.20 Å². The first kappa shape index (κ1) is 19.5. The third kappa shape index (κ3) is 4.27. The molecular formula is C23H30N6. The van der Waals surface area contributed by atoms with Crippen LogP contribution in [-0.4, -0.2) is 32.1 Å². The molecule has 3 heterocycles. The molecule has 0 aliphatic carbocycles. The predicted octanol–water partition coefficient (Wildman–Crippen LogP) is 4.28. The number of aromatic nitrogens is 3. The van der Waals surface area contributed by atoms with Crippen LogP contribution < -0.4 is 16.4 Å². The van der Waals surface area contributed by atoms with E-state index < -0.39 is 0 Å². The molecule has 1 aromatic carbocycles. The van der Waals surface area contributed by atoms with Crippen LogP contribution in [0.4, 0.5) is 5.95 Å². The van der Waals surface area contributed by atoms with Crippen LogP contribution in [0.2, 0.25) is 0 Å². The molecule has 2 aromatic heterocycles. The van der Waals surface area contributed by atoms with Gasteiger partial charge >= 0.3 is 0 Å². The molecule has 1 saturated heterocycles. The summed E-state index contributed by atoms with van der Waals surface area (Å²) >= 11 is 0. The second-order valence-electron chi connectivity index (χ2n) is 9.27. The smallest absolute Gasteiger partial charge is 0.223 e. The lowest BCUT2D eigenvalue weighted by Crippen LogP contribution is -2.60. The maximum atomic E-state index is 5.51. The SMILES string of the molecule is CC1(C)CC(Nc2nccc(-c3c[nH]c4cc(/C=C/N)ccc34)n2)CC(C)(C)N1. The van der Waals surface area contributed by atoms with E-state index in [0.717, 1.165) is 40.6 Å². The van der Waals surface area contributed by atoms with Crippen LogP contribution in [0.5, 0.6) is 0 Å². The van der Waals surface area contributed by atoms with E-state index in [4.69, 9.17) is 10.7 Å². The van der Waals surface area contributed by atoms with Crippen molar-refractivity contribution in [1.82, 2.24) is 20.3 Å². The molecule has 152 valence electrons. The summed E-state index contributed by atoms with van der Waals surface area (Å²) in [6.45, 7) is 9.00. The Kier molecular flexibility index (Phi) is 4.82. The van der Waals surface area contributed by atoms with Crippen molar-refractivity contribution in [2.75, 3.05) is 5.32 Å². The molecule has 6 nitrogen and oxygen atoms in total. The summed E-state index contributed by atoms with van der Waals surface area (Å²) in [4.78, 5) is 12.6. The highest BCUT2D eigenvalue weighted by Crippen LogP contribution is 2.31. The first-order valence-corrected chi connectivity index (χ1v) is 10.1. The second kappa shape index (κ2) is 7.19. The van der Waals surface area contributed by atoms with Gasteiger partial charge in [0.15, 0.2) is 0 Å².